The van der Waals surface area contributed by atoms with Gasteiger partial charge in [-0.2, -0.15) is 0 Å². The Kier molecular flexibility index (Phi) is 3.08. The van der Waals surface area contributed by atoms with Gasteiger partial charge in [-0.05, 0) is 20.3 Å². The number of rotatable bonds is 3. The fraction of sp³-hybridized carbons (Fsp3) is 0.417. The molecular weight excluding hydrogens is 214 g/mol. The molecule has 5 heteroatoms. The molecule has 0 saturated carbocycles. The standard InChI is InChI=1S/C12H17N5/c1-4-9-8(3)11(13)16-12(15-9)10-6-14-7-17(10)5-2/h6-7H,4-5H2,1-3H3,(H2,13,15,16). The van der Waals surface area contributed by atoms with Crippen molar-refractivity contribution >= 4 is 5.82 Å². The van der Waals surface area contributed by atoms with E-state index in [1.165, 1.54) is 0 Å². The van der Waals surface area contributed by atoms with Crippen LogP contribution in [0, 0.1) is 6.92 Å². The maximum absolute atomic E-state index is 5.91. The second-order valence-corrected chi connectivity index (χ2v) is 3.92. The van der Waals surface area contributed by atoms with Crippen LogP contribution in [0.1, 0.15) is 25.1 Å². The predicted octanol–water partition coefficient (Wildman–Crippen LogP) is 1.81. The Morgan fingerprint density at radius 3 is 2.71 bits per heavy atom. The van der Waals surface area contributed by atoms with Gasteiger partial charge in [-0.15, -0.1) is 0 Å². The van der Waals surface area contributed by atoms with E-state index in [1.807, 2.05) is 11.5 Å². The highest BCUT2D eigenvalue weighted by Gasteiger charge is 2.11. The number of hydrogen-bond donors (Lipinski definition) is 1. The number of aromatic nitrogens is 4. The molecule has 17 heavy (non-hydrogen) atoms. The van der Waals surface area contributed by atoms with Crippen LogP contribution in [0.5, 0.6) is 0 Å². The molecule has 0 spiro atoms. The van der Waals surface area contributed by atoms with Gasteiger partial charge in [0, 0.05) is 17.8 Å². The highest BCUT2D eigenvalue weighted by atomic mass is 15.1. The normalized spacial score (nSPS) is 10.8. The number of nitrogen functional groups attached to an aromatic ring is 1. The number of hydrogen-bond acceptors (Lipinski definition) is 4. The molecule has 2 N–H and O–H groups in total. The first-order valence-corrected chi connectivity index (χ1v) is 5.80. The summed E-state index contributed by atoms with van der Waals surface area (Å²) < 4.78 is 2.00. The van der Waals surface area contributed by atoms with E-state index in [0.717, 1.165) is 29.9 Å². The van der Waals surface area contributed by atoms with Gasteiger partial charge in [0.15, 0.2) is 5.82 Å². The summed E-state index contributed by atoms with van der Waals surface area (Å²) in [5, 5.41) is 0. The summed E-state index contributed by atoms with van der Waals surface area (Å²) in [6, 6.07) is 0. The van der Waals surface area contributed by atoms with Gasteiger partial charge in [0.05, 0.1) is 12.5 Å². The molecule has 0 fully saturated rings. The monoisotopic (exact) mass is 231 g/mol. The minimum atomic E-state index is 0.552. The molecule has 0 amide bonds. The van der Waals surface area contributed by atoms with E-state index in [4.69, 9.17) is 5.73 Å². The van der Waals surface area contributed by atoms with Crippen molar-refractivity contribution in [3.05, 3.63) is 23.8 Å². The lowest BCUT2D eigenvalue weighted by Crippen LogP contribution is -2.06. The van der Waals surface area contributed by atoms with Gasteiger partial charge in [0.1, 0.15) is 11.5 Å². The summed E-state index contributed by atoms with van der Waals surface area (Å²) in [6.45, 7) is 6.92. The van der Waals surface area contributed by atoms with Gasteiger partial charge in [-0.1, -0.05) is 6.92 Å². The van der Waals surface area contributed by atoms with Crippen LogP contribution in [-0.2, 0) is 13.0 Å². The molecular formula is C12H17N5. The SMILES string of the molecule is CCc1nc(-c2cncn2CC)nc(N)c1C. The van der Waals surface area contributed by atoms with Gasteiger partial charge in [0.2, 0.25) is 0 Å². The number of aryl methyl sites for hydroxylation is 2. The van der Waals surface area contributed by atoms with Crippen molar-refractivity contribution in [3.63, 3.8) is 0 Å². The van der Waals surface area contributed by atoms with Gasteiger partial charge in [0.25, 0.3) is 0 Å². The molecule has 0 aliphatic heterocycles. The Morgan fingerprint density at radius 2 is 2.06 bits per heavy atom. The Hall–Kier alpha value is -1.91. The lowest BCUT2D eigenvalue weighted by molar-refractivity contribution is 0.762. The van der Waals surface area contributed by atoms with E-state index in [0.29, 0.717) is 11.6 Å². The number of nitrogens with two attached hydrogens (primary N) is 1. The maximum atomic E-state index is 5.91. The molecule has 0 aromatic carbocycles. The van der Waals surface area contributed by atoms with Gasteiger partial charge >= 0.3 is 0 Å². The van der Waals surface area contributed by atoms with E-state index >= 15 is 0 Å². The van der Waals surface area contributed by atoms with Crippen molar-refractivity contribution in [1.29, 1.82) is 0 Å². The van der Waals surface area contributed by atoms with Crippen molar-refractivity contribution in [2.75, 3.05) is 5.73 Å². The summed E-state index contributed by atoms with van der Waals surface area (Å²) in [7, 11) is 0. The molecule has 90 valence electrons. The van der Waals surface area contributed by atoms with E-state index < -0.39 is 0 Å². The smallest absolute Gasteiger partial charge is 0.180 e. The van der Waals surface area contributed by atoms with Crippen molar-refractivity contribution in [2.24, 2.45) is 0 Å². The van der Waals surface area contributed by atoms with E-state index in [2.05, 4.69) is 28.8 Å². The summed E-state index contributed by atoms with van der Waals surface area (Å²) in [5.74, 6) is 1.21. The molecule has 2 heterocycles. The zero-order chi connectivity index (χ0) is 12.4. The lowest BCUT2D eigenvalue weighted by Gasteiger charge is -2.09. The van der Waals surface area contributed by atoms with Crippen molar-refractivity contribution in [2.45, 2.75) is 33.7 Å². The Labute approximate surface area is 101 Å². The molecule has 0 radical (unpaired) electrons. The molecule has 0 aliphatic carbocycles. The van der Waals surface area contributed by atoms with Crippen LogP contribution < -0.4 is 5.73 Å². The minimum Gasteiger partial charge on any atom is -0.383 e. The fourth-order valence-corrected chi connectivity index (χ4v) is 1.80. The Balaban J connectivity index is 2.57. The number of imidazole rings is 1. The van der Waals surface area contributed by atoms with Crippen molar-refractivity contribution in [1.82, 2.24) is 19.5 Å². The summed E-state index contributed by atoms with van der Waals surface area (Å²) in [4.78, 5) is 13.0. The quantitative estimate of drug-likeness (QED) is 0.874. The molecule has 2 rings (SSSR count). The van der Waals surface area contributed by atoms with E-state index in [1.54, 1.807) is 12.5 Å². The molecule has 2 aromatic rings. The van der Waals surface area contributed by atoms with Crippen LogP contribution >= 0.6 is 0 Å². The third-order valence-electron chi connectivity index (χ3n) is 2.90. The summed E-state index contributed by atoms with van der Waals surface area (Å²) in [5.41, 5.74) is 8.79. The first-order chi connectivity index (χ1) is 8.17. The van der Waals surface area contributed by atoms with Crippen LogP contribution in [0.15, 0.2) is 12.5 Å². The molecule has 0 bridgehead atoms. The summed E-state index contributed by atoms with van der Waals surface area (Å²) in [6.07, 6.45) is 4.40. The third-order valence-corrected chi connectivity index (χ3v) is 2.90. The third kappa shape index (κ3) is 2.00. The molecule has 0 atom stereocenters. The van der Waals surface area contributed by atoms with Crippen LogP contribution in [0.25, 0.3) is 11.5 Å². The van der Waals surface area contributed by atoms with Crippen LogP contribution in [0.4, 0.5) is 5.82 Å². The topological polar surface area (TPSA) is 69.6 Å². The van der Waals surface area contributed by atoms with Crippen LogP contribution in [0.2, 0.25) is 0 Å². The molecule has 2 aromatic heterocycles. The van der Waals surface area contributed by atoms with Crippen molar-refractivity contribution in [3.8, 4) is 11.5 Å². The van der Waals surface area contributed by atoms with Crippen LogP contribution in [-0.4, -0.2) is 19.5 Å². The Bertz CT molecular complexity index is 530. The second-order valence-electron chi connectivity index (χ2n) is 3.92. The largest absolute Gasteiger partial charge is 0.383 e. The molecule has 0 aliphatic rings. The average Bonchev–Trinajstić information content (AvgIpc) is 2.80. The zero-order valence-electron chi connectivity index (χ0n) is 10.4. The van der Waals surface area contributed by atoms with E-state index in [-0.39, 0.29) is 0 Å². The highest BCUT2D eigenvalue weighted by molar-refractivity contribution is 5.54. The van der Waals surface area contributed by atoms with E-state index in [9.17, 15) is 0 Å². The molecule has 0 unspecified atom stereocenters. The zero-order valence-corrected chi connectivity index (χ0v) is 10.4. The average molecular weight is 231 g/mol. The minimum absolute atomic E-state index is 0.552. The van der Waals surface area contributed by atoms with Crippen molar-refractivity contribution < 1.29 is 0 Å². The fourth-order valence-electron chi connectivity index (χ4n) is 1.80. The maximum Gasteiger partial charge on any atom is 0.180 e. The first kappa shape index (κ1) is 11.6. The lowest BCUT2D eigenvalue weighted by atomic mass is 10.2. The predicted molar refractivity (Wildman–Crippen MR) is 67.5 cm³/mol. The molecule has 5 nitrogen and oxygen atoms in total. The second kappa shape index (κ2) is 4.53. The number of nitrogens with zero attached hydrogens (tertiary/aromatic N) is 4. The highest BCUT2D eigenvalue weighted by Crippen LogP contribution is 2.20. The number of anilines is 1. The van der Waals surface area contributed by atoms with Gasteiger partial charge in [-0.25, -0.2) is 15.0 Å². The Morgan fingerprint density at radius 1 is 1.29 bits per heavy atom. The first-order valence-electron chi connectivity index (χ1n) is 5.80. The van der Waals surface area contributed by atoms with Gasteiger partial charge in [-0.3, -0.25) is 0 Å². The summed E-state index contributed by atoms with van der Waals surface area (Å²) >= 11 is 0. The van der Waals surface area contributed by atoms with Gasteiger partial charge < -0.3 is 10.3 Å². The van der Waals surface area contributed by atoms with Crippen LogP contribution in [0.3, 0.4) is 0 Å². The molecule has 0 saturated heterocycles.